The first-order valence-electron chi connectivity index (χ1n) is 7.82. The number of nitrogens with zero attached hydrogens (tertiary/aromatic N) is 1. The summed E-state index contributed by atoms with van der Waals surface area (Å²) in [7, 11) is 0. The van der Waals surface area contributed by atoms with Gasteiger partial charge in [0.2, 0.25) is 5.91 Å². The van der Waals surface area contributed by atoms with Crippen LogP contribution >= 0.6 is 0 Å². The van der Waals surface area contributed by atoms with Gasteiger partial charge in [-0.3, -0.25) is 4.79 Å². The molecule has 0 aromatic heterocycles. The van der Waals surface area contributed by atoms with Gasteiger partial charge >= 0.3 is 6.18 Å². The van der Waals surface area contributed by atoms with Gasteiger partial charge in [0.05, 0.1) is 40.2 Å². The number of fused-ring (bicyclic) bond motifs is 2. The summed E-state index contributed by atoms with van der Waals surface area (Å²) >= 11 is 0. The molecule has 1 saturated heterocycles. The van der Waals surface area contributed by atoms with Crippen LogP contribution in [-0.4, -0.2) is 23.4 Å². The molecule has 5 nitrogen and oxygen atoms in total. The van der Waals surface area contributed by atoms with Crippen LogP contribution in [0.1, 0.15) is 25.0 Å². The molecule has 1 unspecified atom stereocenters. The van der Waals surface area contributed by atoms with E-state index in [1.807, 2.05) is 0 Å². The van der Waals surface area contributed by atoms with Gasteiger partial charge in [-0.15, -0.1) is 0 Å². The molecule has 2 aliphatic rings. The second-order valence-corrected chi connectivity index (χ2v) is 6.80. The SMILES string of the molecule is C[C@]12C=C[C@](C)(O1)[C@H](C(=O)Nc1ccc(C#N)c(C(F)(F)F)c1)C2C=O. The van der Waals surface area contributed by atoms with Gasteiger partial charge in [-0.2, -0.15) is 18.4 Å². The van der Waals surface area contributed by atoms with Gasteiger partial charge in [-0.05, 0) is 32.0 Å². The van der Waals surface area contributed by atoms with Gasteiger partial charge in [0.25, 0.3) is 0 Å². The maximum atomic E-state index is 13.1. The molecule has 136 valence electrons. The highest BCUT2D eigenvalue weighted by Gasteiger charge is 2.62. The number of anilines is 1. The van der Waals surface area contributed by atoms with E-state index in [9.17, 15) is 22.8 Å². The first-order chi connectivity index (χ1) is 12.0. The van der Waals surface area contributed by atoms with E-state index >= 15 is 0 Å². The van der Waals surface area contributed by atoms with Gasteiger partial charge in [0.15, 0.2) is 0 Å². The number of carbonyl (C=O) groups excluding carboxylic acids is 2. The lowest BCUT2D eigenvalue weighted by Crippen LogP contribution is -2.43. The number of benzene rings is 1. The minimum Gasteiger partial charge on any atom is -0.359 e. The zero-order chi connectivity index (χ0) is 19.3. The summed E-state index contributed by atoms with van der Waals surface area (Å²) in [5, 5.41) is 11.2. The minimum atomic E-state index is -4.73. The zero-order valence-electron chi connectivity index (χ0n) is 13.9. The van der Waals surface area contributed by atoms with Gasteiger partial charge in [0.1, 0.15) is 6.29 Å². The first-order valence-corrected chi connectivity index (χ1v) is 7.82. The van der Waals surface area contributed by atoms with E-state index < -0.39 is 46.2 Å². The van der Waals surface area contributed by atoms with Crippen LogP contribution in [0.25, 0.3) is 0 Å². The maximum absolute atomic E-state index is 13.1. The van der Waals surface area contributed by atoms with Crippen LogP contribution in [0.15, 0.2) is 30.4 Å². The number of hydrogen-bond donors (Lipinski definition) is 1. The quantitative estimate of drug-likeness (QED) is 0.660. The molecular formula is C18H15F3N2O3. The van der Waals surface area contributed by atoms with Gasteiger partial charge < -0.3 is 14.8 Å². The number of hydrogen-bond acceptors (Lipinski definition) is 4. The van der Waals surface area contributed by atoms with Crippen molar-refractivity contribution in [1.82, 2.24) is 0 Å². The number of ether oxygens (including phenoxy) is 1. The summed E-state index contributed by atoms with van der Waals surface area (Å²) < 4.78 is 45.0. The Labute approximate surface area is 147 Å². The van der Waals surface area contributed by atoms with E-state index in [2.05, 4.69) is 5.32 Å². The summed E-state index contributed by atoms with van der Waals surface area (Å²) in [6.07, 6.45) is -0.676. The Kier molecular flexibility index (Phi) is 3.96. The minimum absolute atomic E-state index is 0.105. The van der Waals surface area contributed by atoms with Crippen molar-refractivity contribution in [1.29, 1.82) is 5.26 Å². The van der Waals surface area contributed by atoms with Gasteiger partial charge in [-0.25, -0.2) is 0 Å². The first kappa shape index (κ1) is 18.1. The number of nitriles is 1. The number of alkyl halides is 3. The zero-order valence-corrected chi connectivity index (χ0v) is 13.9. The molecule has 1 aromatic rings. The topological polar surface area (TPSA) is 79.2 Å². The van der Waals surface area contributed by atoms with E-state index in [0.29, 0.717) is 12.4 Å². The largest absolute Gasteiger partial charge is 0.417 e. The molecular weight excluding hydrogens is 349 g/mol. The third kappa shape index (κ3) is 2.69. The Morgan fingerprint density at radius 3 is 2.54 bits per heavy atom. The van der Waals surface area contributed by atoms with Crippen molar-refractivity contribution in [3.8, 4) is 6.07 Å². The van der Waals surface area contributed by atoms with Crippen LogP contribution in [0.4, 0.5) is 18.9 Å². The van der Waals surface area contributed by atoms with Crippen molar-refractivity contribution < 1.29 is 27.5 Å². The summed E-state index contributed by atoms with van der Waals surface area (Å²) in [5.74, 6) is -2.24. The van der Waals surface area contributed by atoms with E-state index in [0.717, 1.165) is 6.07 Å². The lowest BCUT2D eigenvalue weighted by Gasteiger charge is -2.28. The van der Waals surface area contributed by atoms with Crippen LogP contribution in [0.5, 0.6) is 0 Å². The van der Waals surface area contributed by atoms with E-state index in [1.165, 1.54) is 12.1 Å². The van der Waals surface area contributed by atoms with Crippen molar-refractivity contribution in [3.63, 3.8) is 0 Å². The van der Waals surface area contributed by atoms with Crippen molar-refractivity contribution in [2.45, 2.75) is 31.2 Å². The second kappa shape index (κ2) is 5.68. The highest BCUT2D eigenvalue weighted by Crippen LogP contribution is 2.52. The fraction of sp³-hybridized carbons (Fsp3) is 0.389. The maximum Gasteiger partial charge on any atom is 0.417 e. The predicted octanol–water partition coefficient (Wildman–Crippen LogP) is 3.06. The molecule has 8 heteroatoms. The Morgan fingerprint density at radius 2 is 1.96 bits per heavy atom. The molecule has 1 amide bonds. The summed E-state index contributed by atoms with van der Waals surface area (Å²) in [6, 6.07) is 4.40. The molecule has 0 aliphatic carbocycles. The summed E-state index contributed by atoms with van der Waals surface area (Å²) in [6.45, 7) is 3.34. The van der Waals surface area contributed by atoms with Crippen LogP contribution in [0, 0.1) is 23.2 Å². The van der Waals surface area contributed by atoms with Crippen LogP contribution in [0.3, 0.4) is 0 Å². The number of nitrogens with one attached hydrogen (secondary N) is 1. The number of aldehydes is 1. The average molecular weight is 364 g/mol. The molecule has 1 N–H and O–H groups in total. The molecule has 1 aromatic carbocycles. The Bertz CT molecular complexity index is 858. The van der Waals surface area contributed by atoms with E-state index in [-0.39, 0.29) is 5.69 Å². The van der Waals surface area contributed by atoms with Crippen LogP contribution in [-0.2, 0) is 20.5 Å². The molecule has 2 bridgehead atoms. The average Bonchev–Trinajstić information content (AvgIpc) is 2.99. The molecule has 0 radical (unpaired) electrons. The monoisotopic (exact) mass is 364 g/mol. The van der Waals surface area contributed by atoms with Gasteiger partial charge in [0, 0.05) is 5.69 Å². The Morgan fingerprint density at radius 1 is 1.31 bits per heavy atom. The Balaban J connectivity index is 1.91. The highest BCUT2D eigenvalue weighted by molar-refractivity contribution is 5.96. The predicted molar refractivity (Wildman–Crippen MR) is 84.9 cm³/mol. The van der Waals surface area contributed by atoms with Crippen molar-refractivity contribution >= 4 is 17.9 Å². The summed E-state index contributed by atoms with van der Waals surface area (Å²) in [4.78, 5) is 24.2. The van der Waals surface area contributed by atoms with Crippen LogP contribution < -0.4 is 5.32 Å². The molecule has 2 heterocycles. The lowest BCUT2D eigenvalue weighted by molar-refractivity contribution is -0.137. The standard InChI is InChI=1S/C18H15F3N2O3/c1-16-5-6-17(2,26-16)14(13(16)9-24)15(25)23-11-4-3-10(8-22)12(7-11)18(19,20)21/h3-7,9,13-14H,1-2H3,(H,23,25)/t13?,14-,16+,17-/m0/s1. The third-order valence-electron chi connectivity index (χ3n) is 4.97. The lowest BCUT2D eigenvalue weighted by atomic mass is 9.72. The van der Waals surface area contributed by atoms with E-state index in [4.69, 9.17) is 10.00 Å². The van der Waals surface area contributed by atoms with Crippen molar-refractivity contribution in [2.75, 3.05) is 5.32 Å². The smallest absolute Gasteiger partial charge is 0.359 e. The number of halogens is 3. The van der Waals surface area contributed by atoms with Crippen molar-refractivity contribution in [2.24, 2.45) is 11.8 Å². The number of amides is 1. The summed E-state index contributed by atoms with van der Waals surface area (Å²) in [5.41, 5.74) is -3.70. The molecule has 0 saturated carbocycles. The molecule has 26 heavy (non-hydrogen) atoms. The third-order valence-corrected chi connectivity index (χ3v) is 4.97. The normalized spacial score (nSPS) is 32.3. The molecule has 0 spiro atoms. The second-order valence-electron chi connectivity index (χ2n) is 6.80. The molecule has 2 aliphatic heterocycles. The molecule has 4 atom stereocenters. The van der Waals surface area contributed by atoms with E-state index in [1.54, 1.807) is 26.0 Å². The fourth-order valence-corrected chi connectivity index (χ4v) is 3.72. The van der Waals surface area contributed by atoms with Crippen LogP contribution in [0.2, 0.25) is 0 Å². The number of carbonyl (C=O) groups is 2. The molecule has 3 rings (SSSR count). The highest BCUT2D eigenvalue weighted by atomic mass is 19.4. The van der Waals surface area contributed by atoms with Crippen molar-refractivity contribution in [3.05, 3.63) is 41.5 Å². The number of rotatable bonds is 3. The molecule has 1 fully saturated rings. The Hall–Kier alpha value is -2.66. The fourth-order valence-electron chi connectivity index (χ4n) is 3.72. The van der Waals surface area contributed by atoms with Gasteiger partial charge in [-0.1, -0.05) is 12.2 Å².